The third-order valence-corrected chi connectivity index (χ3v) is 7.01. The summed E-state index contributed by atoms with van der Waals surface area (Å²) >= 11 is 5.99. The largest absolute Gasteiger partial charge is 0.292 e. The molecule has 0 saturated carbocycles. The number of carbonyl (C=O) groups is 3. The number of halogens is 2. The van der Waals surface area contributed by atoms with Crippen molar-refractivity contribution in [1.29, 1.82) is 0 Å². The van der Waals surface area contributed by atoms with Crippen molar-refractivity contribution in [1.82, 2.24) is 5.01 Å². The van der Waals surface area contributed by atoms with Crippen LogP contribution >= 0.6 is 11.6 Å². The smallest absolute Gasteiger partial charge is 0.240 e. The topological polar surface area (TPSA) is 70.0 Å². The quantitative estimate of drug-likeness (QED) is 0.421. The van der Waals surface area contributed by atoms with Crippen molar-refractivity contribution in [2.75, 3.05) is 4.90 Å². The van der Waals surface area contributed by atoms with Gasteiger partial charge in [0.2, 0.25) is 11.8 Å². The van der Waals surface area contributed by atoms with Gasteiger partial charge in [-0.15, -0.1) is 0 Å². The van der Waals surface area contributed by atoms with Gasteiger partial charge in [-0.2, -0.15) is 5.10 Å². The lowest BCUT2D eigenvalue weighted by Crippen LogP contribution is -2.44. The molecule has 8 heteroatoms. The molecule has 0 bridgehead atoms. The van der Waals surface area contributed by atoms with Crippen LogP contribution in [0.4, 0.5) is 10.1 Å². The molecule has 4 atom stereocenters. The molecule has 34 heavy (non-hydrogen) atoms. The van der Waals surface area contributed by atoms with Gasteiger partial charge in [-0.3, -0.25) is 19.4 Å². The van der Waals surface area contributed by atoms with Crippen molar-refractivity contribution in [3.63, 3.8) is 0 Å². The maximum absolute atomic E-state index is 13.9. The second-order valence-corrected chi connectivity index (χ2v) is 8.99. The Bertz CT molecular complexity index is 1390. The molecule has 3 heterocycles. The Morgan fingerprint density at radius 2 is 1.65 bits per heavy atom. The summed E-state index contributed by atoms with van der Waals surface area (Å²) in [6.07, 6.45) is 1.65. The highest BCUT2D eigenvalue weighted by atomic mass is 35.5. The maximum atomic E-state index is 13.9. The molecular formula is C26H17ClFN3O3. The monoisotopic (exact) mass is 473 g/mol. The lowest BCUT2D eigenvalue weighted by molar-refractivity contribution is -0.124. The van der Waals surface area contributed by atoms with Crippen molar-refractivity contribution in [2.24, 2.45) is 16.9 Å². The number of hydrogen-bond acceptors (Lipinski definition) is 5. The number of hydrazone groups is 1. The van der Waals surface area contributed by atoms with E-state index in [1.165, 1.54) is 18.2 Å². The second kappa shape index (κ2) is 7.60. The standard InChI is InChI=1S/C26H17ClFN3O3/c27-16-10-8-14(9-11-16)24(32)23-21-20(22-19-7-2-1-4-15(19)13-29-31(22)23)25(33)30(26(21)34)18-6-3-5-17(28)12-18/h1-13,20-23H/t20-,21-,22-,23+/m0/s1. The Morgan fingerprint density at radius 1 is 0.912 bits per heavy atom. The highest BCUT2D eigenvalue weighted by Crippen LogP contribution is 2.53. The van der Waals surface area contributed by atoms with E-state index in [4.69, 9.17) is 11.6 Å². The summed E-state index contributed by atoms with van der Waals surface area (Å²) in [5.74, 6) is -3.68. The van der Waals surface area contributed by atoms with Crippen LogP contribution < -0.4 is 4.90 Å². The highest BCUT2D eigenvalue weighted by Gasteiger charge is 2.65. The fourth-order valence-corrected chi connectivity index (χ4v) is 5.45. The molecule has 3 aliphatic heterocycles. The third-order valence-electron chi connectivity index (χ3n) is 6.76. The van der Waals surface area contributed by atoms with E-state index in [2.05, 4.69) is 5.10 Å². The number of nitrogens with zero attached hydrogens (tertiary/aromatic N) is 3. The minimum absolute atomic E-state index is 0.154. The average molecular weight is 474 g/mol. The second-order valence-electron chi connectivity index (χ2n) is 8.56. The van der Waals surface area contributed by atoms with Gasteiger partial charge in [-0.1, -0.05) is 41.9 Å². The van der Waals surface area contributed by atoms with Crippen molar-refractivity contribution in [3.8, 4) is 0 Å². The van der Waals surface area contributed by atoms with Gasteiger partial charge >= 0.3 is 0 Å². The molecule has 0 aliphatic carbocycles. The van der Waals surface area contributed by atoms with Crippen molar-refractivity contribution in [3.05, 3.63) is 100 Å². The van der Waals surface area contributed by atoms with E-state index in [9.17, 15) is 18.8 Å². The molecule has 6 nitrogen and oxygen atoms in total. The zero-order valence-corrected chi connectivity index (χ0v) is 18.4. The Morgan fingerprint density at radius 3 is 2.41 bits per heavy atom. The lowest BCUT2D eigenvalue weighted by atomic mass is 9.83. The molecular weight excluding hydrogens is 457 g/mol. The highest BCUT2D eigenvalue weighted by molar-refractivity contribution is 6.30. The first kappa shape index (κ1) is 20.7. The Balaban J connectivity index is 1.50. The number of Topliss-reactive ketones (excluding diaryl/α,β-unsaturated/α-hetero) is 1. The fourth-order valence-electron chi connectivity index (χ4n) is 5.32. The molecule has 3 aromatic carbocycles. The SMILES string of the molecule is O=C(c1ccc(Cl)cc1)[C@H]1[C@H]2C(=O)N(c3cccc(F)c3)C(=O)[C@@H]2[C@@H]2c3ccccc3C=NN12. The van der Waals surface area contributed by atoms with E-state index in [-0.39, 0.29) is 11.5 Å². The first-order valence-electron chi connectivity index (χ1n) is 10.8. The van der Waals surface area contributed by atoms with E-state index in [1.54, 1.807) is 35.5 Å². The van der Waals surface area contributed by atoms with E-state index < -0.39 is 41.6 Å². The molecule has 3 aliphatic rings. The number of ketones is 1. The molecule has 2 amide bonds. The predicted molar refractivity (Wildman–Crippen MR) is 124 cm³/mol. The van der Waals surface area contributed by atoms with E-state index in [0.29, 0.717) is 10.6 Å². The minimum atomic E-state index is -0.990. The minimum Gasteiger partial charge on any atom is -0.292 e. The Hall–Kier alpha value is -3.84. The summed E-state index contributed by atoms with van der Waals surface area (Å²) < 4.78 is 13.9. The Kier molecular flexibility index (Phi) is 4.64. The molecule has 0 aromatic heterocycles. The first-order valence-corrected chi connectivity index (χ1v) is 11.2. The summed E-state index contributed by atoms with van der Waals surface area (Å²) in [5, 5.41) is 6.59. The fraction of sp³-hybridized carbons (Fsp3) is 0.154. The van der Waals surface area contributed by atoms with Crippen LogP contribution in [0.2, 0.25) is 5.02 Å². The maximum Gasteiger partial charge on any atom is 0.240 e. The van der Waals surface area contributed by atoms with E-state index in [1.807, 2.05) is 24.3 Å². The van der Waals surface area contributed by atoms with E-state index in [0.717, 1.165) is 22.1 Å². The molecule has 2 fully saturated rings. The molecule has 6 rings (SSSR count). The molecule has 0 unspecified atom stereocenters. The first-order chi connectivity index (χ1) is 16.5. The average Bonchev–Trinajstić information content (AvgIpc) is 3.31. The summed E-state index contributed by atoms with van der Waals surface area (Å²) in [5.41, 5.74) is 2.17. The van der Waals surface area contributed by atoms with Gasteiger partial charge in [0.1, 0.15) is 11.9 Å². The van der Waals surface area contributed by atoms with Crippen LogP contribution in [-0.4, -0.2) is 34.9 Å². The molecule has 0 radical (unpaired) electrons. The van der Waals surface area contributed by atoms with Crippen LogP contribution in [0, 0.1) is 17.7 Å². The number of benzene rings is 3. The summed E-state index contributed by atoms with van der Waals surface area (Å²) in [6, 6.07) is 17.7. The molecule has 0 N–H and O–H groups in total. The zero-order valence-electron chi connectivity index (χ0n) is 17.6. The van der Waals surface area contributed by atoms with Crippen LogP contribution in [0.3, 0.4) is 0 Å². The van der Waals surface area contributed by atoms with Gasteiger partial charge < -0.3 is 0 Å². The van der Waals surface area contributed by atoms with Crippen molar-refractivity contribution < 1.29 is 18.8 Å². The summed E-state index contributed by atoms with van der Waals surface area (Å²) in [6.45, 7) is 0. The van der Waals surface area contributed by atoms with E-state index >= 15 is 0 Å². The zero-order chi connectivity index (χ0) is 23.6. The van der Waals surface area contributed by atoms with Gasteiger partial charge in [0.15, 0.2) is 5.78 Å². The number of imide groups is 1. The molecule has 168 valence electrons. The number of hydrogen-bond donors (Lipinski definition) is 0. The predicted octanol–water partition coefficient (Wildman–Crippen LogP) is 4.24. The van der Waals surface area contributed by atoms with Crippen molar-refractivity contribution >= 4 is 41.1 Å². The van der Waals surface area contributed by atoms with Gasteiger partial charge in [0.25, 0.3) is 0 Å². The third kappa shape index (κ3) is 2.93. The Labute approximate surface area is 199 Å². The number of amides is 2. The van der Waals surface area contributed by atoms with Crippen LogP contribution in [0.1, 0.15) is 27.5 Å². The van der Waals surface area contributed by atoms with Crippen LogP contribution in [0.25, 0.3) is 0 Å². The van der Waals surface area contributed by atoms with Gasteiger partial charge in [0.05, 0.1) is 29.8 Å². The molecule has 3 aromatic rings. The summed E-state index contributed by atoms with van der Waals surface area (Å²) in [4.78, 5) is 42.1. The van der Waals surface area contributed by atoms with Gasteiger partial charge in [-0.05, 0) is 53.6 Å². The molecule has 0 spiro atoms. The number of rotatable bonds is 3. The number of fused-ring (bicyclic) bond motifs is 5. The van der Waals surface area contributed by atoms with Crippen LogP contribution in [0.5, 0.6) is 0 Å². The van der Waals surface area contributed by atoms with Gasteiger partial charge in [-0.25, -0.2) is 9.29 Å². The number of carbonyl (C=O) groups excluding carboxylic acids is 3. The lowest BCUT2D eigenvalue weighted by Gasteiger charge is -2.33. The van der Waals surface area contributed by atoms with Gasteiger partial charge in [0, 0.05) is 10.6 Å². The van der Waals surface area contributed by atoms with Crippen LogP contribution in [0.15, 0.2) is 77.9 Å². The van der Waals surface area contributed by atoms with Crippen molar-refractivity contribution in [2.45, 2.75) is 12.1 Å². The number of anilines is 1. The summed E-state index contributed by atoms with van der Waals surface area (Å²) in [7, 11) is 0. The molecule has 2 saturated heterocycles. The normalized spacial score (nSPS) is 24.8. The van der Waals surface area contributed by atoms with Crippen LogP contribution in [-0.2, 0) is 9.59 Å².